The molecule has 0 aliphatic heterocycles. The molecule has 0 aliphatic carbocycles. The number of aliphatic carboxylic acids is 1. The molecule has 0 amide bonds. The highest BCUT2D eigenvalue weighted by molar-refractivity contribution is 9.10. The summed E-state index contributed by atoms with van der Waals surface area (Å²) in [6, 6.07) is 2.97. The molecule has 1 N–H and O–H groups in total. The minimum absolute atomic E-state index is 0.215. The number of carboxylic acids is 1. The fourth-order valence-corrected chi connectivity index (χ4v) is 1.71. The fraction of sp³-hybridized carbons (Fsp3) is 0.364. The molecule has 82 valence electrons. The molecule has 0 saturated heterocycles. The van der Waals surface area contributed by atoms with Gasteiger partial charge in [0.2, 0.25) is 0 Å². The fourth-order valence-electron chi connectivity index (χ4n) is 1.34. The third-order valence-corrected chi connectivity index (χ3v) is 3.27. The molecule has 0 aromatic heterocycles. The highest BCUT2D eigenvalue weighted by Crippen LogP contribution is 2.24. The van der Waals surface area contributed by atoms with E-state index < -0.39 is 11.9 Å². The summed E-state index contributed by atoms with van der Waals surface area (Å²) < 4.78 is 14.2. The van der Waals surface area contributed by atoms with E-state index in [4.69, 9.17) is 5.11 Å². The van der Waals surface area contributed by atoms with Crippen molar-refractivity contribution in [2.45, 2.75) is 20.3 Å². The second kappa shape index (κ2) is 4.75. The van der Waals surface area contributed by atoms with Gasteiger partial charge >= 0.3 is 5.97 Å². The molecule has 0 fully saturated rings. The van der Waals surface area contributed by atoms with Crippen LogP contribution in [0.15, 0.2) is 16.6 Å². The Morgan fingerprint density at radius 2 is 2.20 bits per heavy atom. The molecule has 0 bridgehead atoms. The summed E-state index contributed by atoms with van der Waals surface area (Å²) in [5, 5.41) is 8.76. The van der Waals surface area contributed by atoms with E-state index in [1.165, 1.54) is 6.07 Å². The van der Waals surface area contributed by atoms with Crippen LogP contribution in [-0.2, 0) is 11.2 Å². The van der Waals surface area contributed by atoms with E-state index in [1.807, 2.05) is 0 Å². The first-order chi connectivity index (χ1) is 6.93. The first-order valence-electron chi connectivity index (χ1n) is 4.59. The zero-order valence-electron chi connectivity index (χ0n) is 8.55. The van der Waals surface area contributed by atoms with Crippen molar-refractivity contribution >= 4 is 21.9 Å². The minimum Gasteiger partial charge on any atom is -0.481 e. The standard InChI is InChI=1S/C11H12BrFO2/c1-6(11(14)15)5-8-7(2)9(12)3-4-10(8)13/h3-4,6H,5H2,1-2H3,(H,14,15). The van der Waals surface area contributed by atoms with Gasteiger partial charge in [0.05, 0.1) is 5.92 Å². The summed E-state index contributed by atoms with van der Waals surface area (Å²) >= 11 is 3.29. The molecule has 1 atom stereocenters. The van der Waals surface area contributed by atoms with E-state index in [2.05, 4.69) is 15.9 Å². The van der Waals surface area contributed by atoms with Gasteiger partial charge in [-0.1, -0.05) is 22.9 Å². The number of halogens is 2. The summed E-state index contributed by atoms with van der Waals surface area (Å²) in [4.78, 5) is 10.7. The number of hydrogen-bond donors (Lipinski definition) is 1. The van der Waals surface area contributed by atoms with E-state index in [9.17, 15) is 9.18 Å². The zero-order chi connectivity index (χ0) is 11.6. The first-order valence-corrected chi connectivity index (χ1v) is 5.39. The van der Waals surface area contributed by atoms with Gasteiger partial charge in [0.15, 0.2) is 0 Å². The van der Waals surface area contributed by atoms with Crippen LogP contribution in [0.3, 0.4) is 0 Å². The van der Waals surface area contributed by atoms with E-state index >= 15 is 0 Å². The Morgan fingerprint density at radius 3 is 2.73 bits per heavy atom. The molecule has 15 heavy (non-hydrogen) atoms. The van der Waals surface area contributed by atoms with Crippen LogP contribution in [0, 0.1) is 18.7 Å². The highest BCUT2D eigenvalue weighted by Gasteiger charge is 2.16. The van der Waals surface area contributed by atoms with Crippen LogP contribution in [0.5, 0.6) is 0 Å². The third-order valence-electron chi connectivity index (χ3n) is 2.41. The lowest BCUT2D eigenvalue weighted by Gasteiger charge is -2.11. The smallest absolute Gasteiger partial charge is 0.306 e. The van der Waals surface area contributed by atoms with Gasteiger partial charge in [0.25, 0.3) is 0 Å². The molecule has 1 aromatic rings. The average molecular weight is 275 g/mol. The van der Waals surface area contributed by atoms with Gasteiger partial charge < -0.3 is 5.11 Å². The van der Waals surface area contributed by atoms with E-state index in [0.29, 0.717) is 5.56 Å². The van der Waals surface area contributed by atoms with Crippen LogP contribution < -0.4 is 0 Å². The maximum absolute atomic E-state index is 13.4. The highest BCUT2D eigenvalue weighted by atomic mass is 79.9. The van der Waals surface area contributed by atoms with Crippen LogP contribution in [0.25, 0.3) is 0 Å². The molecular weight excluding hydrogens is 263 g/mol. The Kier molecular flexibility index (Phi) is 3.85. The van der Waals surface area contributed by atoms with E-state index in [1.54, 1.807) is 19.9 Å². The second-order valence-electron chi connectivity index (χ2n) is 3.58. The lowest BCUT2D eigenvalue weighted by Crippen LogP contribution is -2.14. The molecule has 0 saturated carbocycles. The van der Waals surface area contributed by atoms with Crippen molar-refractivity contribution in [1.82, 2.24) is 0 Å². The number of hydrogen-bond acceptors (Lipinski definition) is 1. The lowest BCUT2D eigenvalue weighted by molar-refractivity contribution is -0.141. The van der Waals surface area contributed by atoms with Crippen molar-refractivity contribution in [3.05, 3.63) is 33.5 Å². The largest absolute Gasteiger partial charge is 0.481 e. The third kappa shape index (κ3) is 2.78. The van der Waals surface area contributed by atoms with Crippen molar-refractivity contribution in [3.63, 3.8) is 0 Å². The molecule has 0 aliphatic rings. The minimum atomic E-state index is -0.909. The summed E-state index contributed by atoms with van der Waals surface area (Å²) in [5.41, 5.74) is 1.24. The summed E-state index contributed by atoms with van der Waals surface area (Å²) in [6.45, 7) is 3.35. The molecule has 0 spiro atoms. The van der Waals surface area contributed by atoms with Crippen LogP contribution >= 0.6 is 15.9 Å². The first kappa shape index (κ1) is 12.2. The van der Waals surface area contributed by atoms with Gasteiger partial charge in [0, 0.05) is 4.47 Å². The Hall–Kier alpha value is -0.900. The monoisotopic (exact) mass is 274 g/mol. The molecule has 0 radical (unpaired) electrons. The summed E-state index contributed by atoms with van der Waals surface area (Å²) in [7, 11) is 0. The van der Waals surface area contributed by atoms with Gasteiger partial charge in [0.1, 0.15) is 5.82 Å². The van der Waals surface area contributed by atoms with Crippen LogP contribution in [0.2, 0.25) is 0 Å². The van der Waals surface area contributed by atoms with Gasteiger partial charge in [-0.15, -0.1) is 0 Å². The summed E-state index contributed by atoms with van der Waals surface area (Å²) in [6.07, 6.45) is 0.215. The van der Waals surface area contributed by atoms with Crippen LogP contribution in [0.4, 0.5) is 4.39 Å². The molecule has 1 unspecified atom stereocenters. The Labute approximate surface area is 96.2 Å². The number of carboxylic acid groups (broad SMARTS) is 1. The van der Waals surface area contributed by atoms with Gasteiger partial charge in [-0.25, -0.2) is 4.39 Å². The molecular formula is C11H12BrFO2. The quantitative estimate of drug-likeness (QED) is 0.920. The SMILES string of the molecule is Cc1c(Br)ccc(F)c1CC(C)C(=O)O. The predicted molar refractivity (Wildman–Crippen MR) is 59.3 cm³/mol. The zero-order valence-corrected chi connectivity index (χ0v) is 10.1. The van der Waals surface area contributed by atoms with Crippen LogP contribution in [0.1, 0.15) is 18.1 Å². The lowest BCUT2D eigenvalue weighted by atomic mass is 9.97. The van der Waals surface area contributed by atoms with Gasteiger partial charge in [-0.2, -0.15) is 0 Å². The Bertz CT molecular complexity index is 390. The number of rotatable bonds is 3. The van der Waals surface area contributed by atoms with Crippen molar-refractivity contribution in [1.29, 1.82) is 0 Å². The Balaban J connectivity index is 3.03. The average Bonchev–Trinajstić information content (AvgIpc) is 2.18. The van der Waals surface area contributed by atoms with Crippen molar-refractivity contribution in [2.24, 2.45) is 5.92 Å². The van der Waals surface area contributed by atoms with Crippen molar-refractivity contribution in [2.75, 3.05) is 0 Å². The maximum atomic E-state index is 13.4. The van der Waals surface area contributed by atoms with E-state index in [-0.39, 0.29) is 12.2 Å². The maximum Gasteiger partial charge on any atom is 0.306 e. The topological polar surface area (TPSA) is 37.3 Å². The summed E-state index contributed by atoms with van der Waals surface area (Å²) in [5.74, 6) is -1.83. The number of benzene rings is 1. The molecule has 1 aromatic carbocycles. The van der Waals surface area contributed by atoms with E-state index in [0.717, 1.165) is 10.0 Å². The van der Waals surface area contributed by atoms with Crippen LogP contribution in [-0.4, -0.2) is 11.1 Å². The molecule has 0 heterocycles. The molecule has 4 heteroatoms. The van der Waals surface area contributed by atoms with Gasteiger partial charge in [-0.3, -0.25) is 4.79 Å². The predicted octanol–water partition coefficient (Wildman–Crippen LogP) is 3.16. The number of carbonyl (C=O) groups is 1. The second-order valence-corrected chi connectivity index (χ2v) is 4.43. The Morgan fingerprint density at radius 1 is 1.60 bits per heavy atom. The van der Waals surface area contributed by atoms with Gasteiger partial charge in [-0.05, 0) is 36.6 Å². The van der Waals surface area contributed by atoms with Crippen molar-refractivity contribution in [3.8, 4) is 0 Å². The molecule has 2 nitrogen and oxygen atoms in total. The normalized spacial score (nSPS) is 12.5. The van der Waals surface area contributed by atoms with Crippen molar-refractivity contribution < 1.29 is 14.3 Å². The molecule has 1 rings (SSSR count).